The Balaban J connectivity index is 2.16. The number of phenolic OH excluding ortho intramolecular Hbond substituents is 1. The maximum absolute atomic E-state index is 13.2. The largest absolute Gasteiger partial charge is 0.504 e. The van der Waals surface area contributed by atoms with Gasteiger partial charge < -0.3 is 20.1 Å². The van der Waals surface area contributed by atoms with E-state index in [1.165, 1.54) is 0 Å². The van der Waals surface area contributed by atoms with E-state index in [0.717, 1.165) is 22.5 Å². The van der Waals surface area contributed by atoms with Crippen LogP contribution in [0.25, 0.3) is 0 Å². The molecule has 0 saturated heterocycles. The first-order valence-electron chi connectivity index (χ1n) is 9.80. The number of benzene rings is 2. The highest BCUT2D eigenvalue weighted by Crippen LogP contribution is 2.37. The van der Waals surface area contributed by atoms with Gasteiger partial charge in [0, 0.05) is 25.5 Å². The molecule has 1 amide bonds. The summed E-state index contributed by atoms with van der Waals surface area (Å²) in [5.74, 6) is 0.316. The molecule has 30 heavy (non-hydrogen) atoms. The van der Waals surface area contributed by atoms with Crippen LogP contribution in [0.2, 0.25) is 0 Å². The number of nitrogens with one attached hydrogen (secondary N) is 1. The van der Waals surface area contributed by atoms with Crippen LogP contribution in [-0.4, -0.2) is 41.7 Å². The quantitative estimate of drug-likeness (QED) is 0.709. The highest BCUT2D eigenvalue weighted by atomic mass is 32.1. The summed E-state index contributed by atoms with van der Waals surface area (Å²) in [5, 5.41) is 13.9. The Kier molecular flexibility index (Phi) is 6.31. The average Bonchev–Trinajstić information content (AvgIpc) is 2.69. The van der Waals surface area contributed by atoms with Crippen LogP contribution in [0.1, 0.15) is 31.0 Å². The molecule has 0 aliphatic carbocycles. The lowest BCUT2D eigenvalue weighted by molar-refractivity contribution is -0.125. The second-order valence-corrected chi connectivity index (χ2v) is 7.80. The first-order valence-corrected chi connectivity index (χ1v) is 10.2. The molecule has 1 aliphatic heterocycles. The highest BCUT2D eigenvalue weighted by Gasteiger charge is 2.35. The van der Waals surface area contributed by atoms with Gasteiger partial charge in [-0.1, -0.05) is 18.2 Å². The van der Waals surface area contributed by atoms with Crippen LogP contribution in [0, 0.1) is 6.92 Å². The number of ether oxygens (including phenoxy) is 1. The normalized spacial score (nSPS) is 16.4. The van der Waals surface area contributed by atoms with Gasteiger partial charge in [0.2, 0.25) is 0 Å². The van der Waals surface area contributed by atoms with Crippen LogP contribution >= 0.6 is 12.2 Å². The van der Waals surface area contributed by atoms with Crippen molar-refractivity contribution in [1.82, 2.24) is 10.2 Å². The summed E-state index contributed by atoms with van der Waals surface area (Å²) in [6.07, 6.45) is 0. The van der Waals surface area contributed by atoms with E-state index in [4.69, 9.17) is 17.0 Å². The number of hydrogen-bond acceptors (Lipinski definition) is 4. The van der Waals surface area contributed by atoms with Gasteiger partial charge in [0.1, 0.15) is 0 Å². The van der Waals surface area contributed by atoms with Gasteiger partial charge in [0.25, 0.3) is 5.91 Å². The Hall–Kier alpha value is -3.06. The lowest BCUT2D eigenvalue weighted by Crippen LogP contribution is -2.49. The summed E-state index contributed by atoms with van der Waals surface area (Å²) in [7, 11) is 3.46. The number of allylic oxidation sites excluding steroid dienone is 1. The van der Waals surface area contributed by atoms with E-state index in [1.54, 1.807) is 37.2 Å². The molecule has 2 aromatic carbocycles. The smallest absolute Gasteiger partial charge is 0.253 e. The third-order valence-corrected chi connectivity index (χ3v) is 5.30. The molecular weight excluding hydrogens is 398 g/mol. The monoisotopic (exact) mass is 425 g/mol. The van der Waals surface area contributed by atoms with E-state index < -0.39 is 6.04 Å². The molecule has 2 aromatic rings. The predicted molar refractivity (Wildman–Crippen MR) is 123 cm³/mol. The lowest BCUT2D eigenvalue weighted by Gasteiger charge is -2.38. The van der Waals surface area contributed by atoms with E-state index in [-0.39, 0.29) is 11.7 Å². The van der Waals surface area contributed by atoms with E-state index in [1.807, 2.05) is 49.9 Å². The molecule has 0 radical (unpaired) electrons. The van der Waals surface area contributed by atoms with Crippen LogP contribution < -0.4 is 15.0 Å². The number of rotatable bonds is 5. The third kappa shape index (κ3) is 4.11. The van der Waals surface area contributed by atoms with E-state index in [0.29, 0.717) is 23.0 Å². The number of aryl methyl sites for hydroxylation is 1. The number of anilines is 1. The molecule has 158 valence electrons. The van der Waals surface area contributed by atoms with E-state index in [2.05, 4.69) is 5.32 Å². The number of amides is 1. The first kappa shape index (κ1) is 21.6. The number of hydrogen-bond donors (Lipinski definition) is 2. The third-order valence-electron chi connectivity index (χ3n) is 5.00. The van der Waals surface area contributed by atoms with Gasteiger partial charge in [-0.05, 0) is 68.4 Å². The Morgan fingerprint density at radius 1 is 1.23 bits per heavy atom. The zero-order valence-corrected chi connectivity index (χ0v) is 18.7. The van der Waals surface area contributed by atoms with Gasteiger partial charge in [-0.3, -0.25) is 9.69 Å². The Morgan fingerprint density at radius 2 is 1.97 bits per heavy atom. The fourth-order valence-electron chi connectivity index (χ4n) is 3.57. The molecule has 1 heterocycles. The van der Waals surface area contributed by atoms with Gasteiger partial charge in [0.05, 0.1) is 18.2 Å². The van der Waals surface area contributed by atoms with Gasteiger partial charge in [-0.2, -0.15) is 0 Å². The van der Waals surface area contributed by atoms with Crippen molar-refractivity contribution in [2.24, 2.45) is 0 Å². The van der Waals surface area contributed by atoms with Crippen LogP contribution in [0.15, 0.2) is 53.7 Å². The molecule has 3 rings (SSSR count). The zero-order valence-electron chi connectivity index (χ0n) is 17.9. The topological polar surface area (TPSA) is 65.0 Å². The molecular formula is C23H27N3O3S. The van der Waals surface area contributed by atoms with Crippen molar-refractivity contribution in [2.45, 2.75) is 26.8 Å². The minimum atomic E-state index is -0.465. The van der Waals surface area contributed by atoms with Gasteiger partial charge in [-0.25, -0.2) is 0 Å². The SMILES string of the molecule is CCOc1cc(C2NC(=S)N(c3cccc(C)c3)C(C)=C2C(=O)N(C)C)ccc1O. The average molecular weight is 426 g/mol. The number of nitrogens with zero attached hydrogens (tertiary/aromatic N) is 2. The number of carbonyl (C=O) groups is 1. The van der Waals surface area contributed by atoms with Crippen molar-refractivity contribution < 1.29 is 14.6 Å². The molecule has 2 N–H and O–H groups in total. The van der Waals surface area contributed by atoms with Crippen molar-refractivity contribution >= 4 is 28.9 Å². The molecule has 1 atom stereocenters. The van der Waals surface area contributed by atoms with E-state index >= 15 is 0 Å². The molecule has 1 unspecified atom stereocenters. The van der Waals surface area contributed by atoms with Crippen molar-refractivity contribution in [3.05, 3.63) is 64.9 Å². The minimum Gasteiger partial charge on any atom is -0.504 e. The second-order valence-electron chi connectivity index (χ2n) is 7.42. The van der Waals surface area contributed by atoms with Crippen LogP contribution in [0.4, 0.5) is 5.69 Å². The minimum absolute atomic E-state index is 0.0570. The number of phenols is 1. The molecule has 0 saturated carbocycles. The molecule has 0 fully saturated rings. The summed E-state index contributed by atoms with van der Waals surface area (Å²) >= 11 is 5.70. The van der Waals surface area contributed by atoms with Gasteiger partial charge >= 0.3 is 0 Å². The predicted octanol–water partition coefficient (Wildman–Crippen LogP) is 3.90. The standard InChI is InChI=1S/C23H27N3O3S/c1-6-29-19-13-16(10-11-18(19)27)21-20(22(28)25(4)5)15(3)26(23(30)24-21)17-9-7-8-14(2)12-17/h7-13,21,27H,6H2,1-5H3,(H,24,30). The Morgan fingerprint density at radius 3 is 2.60 bits per heavy atom. The number of likely N-dealkylation sites (N-methyl/N-ethyl adjacent to an activating group) is 1. The Bertz CT molecular complexity index is 1020. The maximum Gasteiger partial charge on any atom is 0.253 e. The molecule has 0 bridgehead atoms. The summed E-state index contributed by atoms with van der Waals surface area (Å²) in [6.45, 7) is 6.20. The van der Waals surface area contributed by atoms with Crippen molar-refractivity contribution in [1.29, 1.82) is 0 Å². The number of carbonyl (C=O) groups excluding carboxylic acids is 1. The Labute approximate surface area is 182 Å². The van der Waals surface area contributed by atoms with Crippen LogP contribution in [-0.2, 0) is 4.79 Å². The fraction of sp³-hybridized carbons (Fsp3) is 0.304. The molecule has 7 heteroatoms. The molecule has 0 spiro atoms. The number of thiocarbonyl (C=S) groups is 1. The molecule has 0 aromatic heterocycles. The van der Waals surface area contributed by atoms with Crippen molar-refractivity contribution in [3.63, 3.8) is 0 Å². The summed E-state index contributed by atoms with van der Waals surface area (Å²) < 4.78 is 5.54. The van der Waals surface area contributed by atoms with Crippen LogP contribution in [0.5, 0.6) is 11.5 Å². The van der Waals surface area contributed by atoms with Crippen molar-refractivity contribution in [3.8, 4) is 11.5 Å². The molecule has 6 nitrogen and oxygen atoms in total. The zero-order chi connectivity index (χ0) is 22.0. The highest BCUT2D eigenvalue weighted by molar-refractivity contribution is 7.80. The first-order chi connectivity index (χ1) is 14.2. The lowest BCUT2D eigenvalue weighted by atomic mass is 9.93. The summed E-state index contributed by atoms with van der Waals surface area (Å²) in [6, 6.07) is 12.6. The fourth-order valence-corrected chi connectivity index (χ4v) is 3.93. The van der Waals surface area contributed by atoms with Gasteiger partial charge in [0.15, 0.2) is 16.6 Å². The number of aromatic hydroxyl groups is 1. The van der Waals surface area contributed by atoms with Crippen molar-refractivity contribution in [2.75, 3.05) is 25.6 Å². The molecule has 1 aliphatic rings. The summed E-state index contributed by atoms with van der Waals surface area (Å²) in [5.41, 5.74) is 4.13. The van der Waals surface area contributed by atoms with Crippen LogP contribution in [0.3, 0.4) is 0 Å². The second kappa shape index (κ2) is 8.75. The summed E-state index contributed by atoms with van der Waals surface area (Å²) in [4.78, 5) is 16.6. The maximum atomic E-state index is 13.2. The van der Waals surface area contributed by atoms with E-state index in [9.17, 15) is 9.90 Å². The van der Waals surface area contributed by atoms with Gasteiger partial charge in [-0.15, -0.1) is 0 Å².